The van der Waals surface area contributed by atoms with Crippen LogP contribution in [0.4, 0.5) is 87.3 Å². The Kier molecular flexibility index (Phi) is 28.5. The number of ether oxygens (including phenoxy) is 2. The van der Waals surface area contributed by atoms with Crippen LogP contribution >= 0.6 is 0 Å². The van der Waals surface area contributed by atoms with Gasteiger partial charge < -0.3 is 67.4 Å². The first-order chi connectivity index (χ1) is 64.4. The number of fused-ring (bicyclic) bond motifs is 4. The summed E-state index contributed by atoms with van der Waals surface area (Å²) in [5.41, 5.74) is -1.31. The number of halogens is 16. The Morgan fingerprint density at radius 3 is 1.22 bits per heavy atom. The average Bonchev–Trinajstić information content (AvgIpc) is 0.965. The number of hydrogen-bond acceptors (Lipinski definition) is 19. The van der Waals surface area contributed by atoms with E-state index in [1.807, 2.05) is 5.32 Å². The van der Waals surface area contributed by atoms with Gasteiger partial charge in [0.25, 0.3) is 34.4 Å². The van der Waals surface area contributed by atoms with Crippen molar-refractivity contribution in [2.45, 2.75) is 116 Å². The molecule has 722 valence electrons. The molecule has 0 aliphatic carbocycles. The topological polar surface area (TPSA) is 337 Å². The first kappa shape index (κ1) is 99.6. The molecule has 4 N–H and O–H groups in total. The van der Waals surface area contributed by atoms with Gasteiger partial charge in [-0.3, -0.25) is 52.3 Å². The van der Waals surface area contributed by atoms with Crippen LogP contribution in [0.25, 0.3) is 61.2 Å². The summed E-state index contributed by atoms with van der Waals surface area (Å²) in [6.45, 7) is 5.42. The minimum Gasteiger partial charge on any atom is -0.377 e. The standard InChI is InChI=1S/C32H27F6N5O3.C30H29F5N6O5.C29H27F5N6O5/c1-15-22-11-18(33)5-8-26(22)42(4)31(46)27(15)21-7-6-20(43-10-9-39-29(21)43)14-25(16(2)44)41-30(45)28-23(34)12-19(13-24(28)35)40-17(3)32(36,37)38;1-15-24(28(44)39(4)29(45)38(15)3)19-6-5-17(41-8-7-36-26(19)41)13-22(16(2)42)37-27(43)25-20(31)11-18(12-21(25)32)40-9-10-46-14-23(40)30(33,34)35;1-15(41)22(12-16-4-5-18(25-35-6-7-40(16)25)19-13-37(2)28(44)38(3)27(19)43)36-26(42)24-20(30)10-17(11-21(24)31)39-8-9-45-14-23(39)29(32,33)34/h5-13,17,25,40H,14H2,1-4H3,(H,41,45);5-8,11-12,22-23H,9-10,13-14H2,1-4H3,(H,37,43);4-7,10-11,13,22-23H,8-9,12,14H2,1-3H3,(H,36,42)/t17-,25+;22-,23-;22-,23+/m100/s1. The fourth-order valence-corrected chi connectivity index (χ4v) is 16.2. The van der Waals surface area contributed by atoms with Crippen LogP contribution in [-0.2, 0) is 78.4 Å². The number of benzene rings is 4. The Labute approximate surface area is 763 Å². The average molecular weight is 1930 g/mol. The summed E-state index contributed by atoms with van der Waals surface area (Å²) >= 11 is 0. The molecular weight excluding hydrogens is 1840 g/mol. The largest absolute Gasteiger partial charge is 0.411 e. The van der Waals surface area contributed by atoms with E-state index in [1.54, 1.807) is 89.1 Å². The molecular formula is C91H83F16N17O13. The van der Waals surface area contributed by atoms with Gasteiger partial charge in [-0.1, -0.05) is 0 Å². The van der Waals surface area contributed by atoms with Crippen molar-refractivity contribution in [1.82, 2.24) is 66.9 Å². The van der Waals surface area contributed by atoms with E-state index < -0.39 is 200 Å². The molecule has 3 amide bonds. The number of aromatic nitrogens is 11. The van der Waals surface area contributed by atoms with Crippen LogP contribution in [0.3, 0.4) is 0 Å². The number of nitrogens with one attached hydrogen (secondary N) is 4. The van der Waals surface area contributed by atoms with Crippen LogP contribution in [0.2, 0.25) is 0 Å². The minimum atomic E-state index is -4.73. The predicted octanol–water partition coefficient (Wildman–Crippen LogP) is 10.9. The molecule has 2 aliphatic rings. The SMILES string of the molecule is CC(=O)[C@H](Cc1ccc(-c2c(C)c3cc(F)ccc3n(C)c2=O)c2nccn12)NC(=O)c1c(F)cc(N[C@H](C)C(F)(F)F)cc1F.CC(=O)[C@H](Cc1ccc(-c2c(C)n(C)c(=O)n(C)c2=O)c2nccn12)NC(=O)c1c(F)cc(N2CCOC[C@H]2C(F)(F)F)cc1F.CC(=O)[C@H](Cc1ccc(-c2cn(C)c(=O)n(C)c2=O)c2nccn12)NC(=O)c1c(F)cc(N2CCOC[C@@H]2C(F)(F)F)cc1F. The Morgan fingerprint density at radius 2 is 0.825 bits per heavy atom. The van der Waals surface area contributed by atoms with Gasteiger partial charge in [0.2, 0.25) is 0 Å². The van der Waals surface area contributed by atoms with Gasteiger partial charge in [-0.15, -0.1) is 0 Å². The molecule has 2 saturated heterocycles. The van der Waals surface area contributed by atoms with Crippen LogP contribution in [0.1, 0.15) is 87.1 Å². The molecule has 137 heavy (non-hydrogen) atoms. The molecule has 15 rings (SSSR count). The lowest BCUT2D eigenvalue weighted by atomic mass is 9.97. The number of pyridine rings is 4. The Balaban J connectivity index is 0.000000174. The van der Waals surface area contributed by atoms with E-state index in [4.69, 9.17) is 9.47 Å². The molecule has 46 heteroatoms. The second kappa shape index (κ2) is 39.2. The van der Waals surface area contributed by atoms with E-state index >= 15 is 17.6 Å². The summed E-state index contributed by atoms with van der Waals surface area (Å²) in [7, 11) is 7.28. The summed E-state index contributed by atoms with van der Waals surface area (Å²) in [6.07, 6.45) is -4.17. The Bertz CT molecular complexity index is 7290. The molecule has 9 aromatic heterocycles. The molecule has 0 bridgehead atoms. The number of nitrogens with zero attached hydrogens (tertiary/aromatic N) is 13. The van der Waals surface area contributed by atoms with Gasteiger partial charge in [0.1, 0.15) is 92.5 Å². The van der Waals surface area contributed by atoms with Crippen LogP contribution in [0.15, 0.2) is 158 Å². The van der Waals surface area contributed by atoms with Gasteiger partial charge in [-0.05, 0) is 138 Å². The van der Waals surface area contributed by atoms with Gasteiger partial charge in [-0.2, -0.15) is 39.5 Å². The van der Waals surface area contributed by atoms with Gasteiger partial charge >= 0.3 is 29.9 Å². The number of amides is 3. The first-order valence-corrected chi connectivity index (χ1v) is 41.6. The fraction of sp³-hybridized carbons (Fsp3) is 0.319. The molecule has 6 atom stereocenters. The lowest BCUT2D eigenvalue weighted by Crippen LogP contribution is -2.53. The van der Waals surface area contributed by atoms with Crippen molar-refractivity contribution in [3.8, 4) is 33.4 Å². The third-order valence-electron chi connectivity index (χ3n) is 23.7. The summed E-state index contributed by atoms with van der Waals surface area (Å²) in [5.74, 6) is -14.4. The number of carbonyl (C=O) groups excluding carboxylic acids is 6. The second-order valence-corrected chi connectivity index (χ2v) is 32.5. The number of carbonyl (C=O) groups is 6. The van der Waals surface area contributed by atoms with Crippen molar-refractivity contribution in [2.24, 2.45) is 35.2 Å². The summed E-state index contributed by atoms with van der Waals surface area (Å²) in [6, 6.07) is 7.14. The number of rotatable bonds is 22. The van der Waals surface area contributed by atoms with Crippen molar-refractivity contribution in [3.63, 3.8) is 0 Å². The maximum Gasteiger partial charge on any atom is 0.411 e. The summed E-state index contributed by atoms with van der Waals surface area (Å²) in [4.78, 5) is 155. The van der Waals surface area contributed by atoms with Crippen LogP contribution in [0, 0.1) is 54.6 Å². The molecule has 2 aliphatic heterocycles. The molecule has 0 radical (unpaired) electrons. The van der Waals surface area contributed by atoms with Crippen LogP contribution in [-0.4, -0.2) is 180 Å². The van der Waals surface area contributed by atoms with E-state index in [2.05, 4.69) is 30.9 Å². The predicted molar refractivity (Wildman–Crippen MR) is 466 cm³/mol. The van der Waals surface area contributed by atoms with Crippen molar-refractivity contribution >= 4 is 80.0 Å². The zero-order valence-corrected chi connectivity index (χ0v) is 74.2. The van der Waals surface area contributed by atoms with E-state index in [0.717, 1.165) is 25.9 Å². The lowest BCUT2D eigenvalue weighted by molar-refractivity contribution is -0.167. The van der Waals surface area contributed by atoms with E-state index in [1.165, 1.54) is 106 Å². The fourth-order valence-electron chi connectivity index (χ4n) is 16.2. The smallest absolute Gasteiger partial charge is 0.377 e. The highest BCUT2D eigenvalue weighted by molar-refractivity contribution is 6.01. The highest BCUT2D eigenvalue weighted by Crippen LogP contribution is 2.38. The van der Waals surface area contributed by atoms with Crippen molar-refractivity contribution < 1.29 is 108 Å². The number of aryl methyl sites for hydroxylation is 3. The third-order valence-corrected chi connectivity index (χ3v) is 23.7. The zero-order chi connectivity index (χ0) is 100. The van der Waals surface area contributed by atoms with E-state index in [9.17, 15) is 105 Å². The van der Waals surface area contributed by atoms with Crippen molar-refractivity contribution in [3.05, 3.63) is 272 Å². The molecule has 2 fully saturated rings. The quantitative estimate of drug-likeness (QED) is 0.0458. The molecule has 0 unspecified atom stereocenters. The van der Waals surface area contributed by atoms with E-state index in [-0.39, 0.29) is 67.8 Å². The summed E-state index contributed by atoms with van der Waals surface area (Å²) in [5, 5.41) is 9.43. The van der Waals surface area contributed by atoms with Gasteiger partial charge in [0.05, 0.1) is 66.8 Å². The second-order valence-electron chi connectivity index (χ2n) is 32.5. The number of morpholine rings is 2. The number of hydrogen-bond donors (Lipinski definition) is 4. The lowest BCUT2D eigenvalue weighted by Gasteiger charge is -2.38. The number of alkyl halides is 9. The van der Waals surface area contributed by atoms with Crippen LogP contribution in [0.5, 0.6) is 0 Å². The Hall–Kier alpha value is -14.9. The minimum absolute atomic E-state index is 0.0921. The molecule has 11 heterocycles. The zero-order valence-electron chi connectivity index (χ0n) is 74.2. The molecule has 30 nitrogen and oxygen atoms in total. The molecule has 0 saturated carbocycles. The Morgan fingerprint density at radius 1 is 0.453 bits per heavy atom. The van der Waals surface area contributed by atoms with E-state index in [0.29, 0.717) is 109 Å². The third kappa shape index (κ3) is 20.3. The monoisotopic (exact) mass is 1930 g/mol. The summed E-state index contributed by atoms with van der Waals surface area (Å²) < 4.78 is 244. The number of Topliss-reactive ketones (excluding diaryl/α,β-unsaturated/α-hetero) is 3. The highest BCUT2D eigenvalue weighted by Gasteiger charge is 2.48. The normalized spacial score (nSPS) is 15.1. The number of imidazole rings is 3. The van der Waals surface area contributed by atoms with Crippen molar-refractivity contribution in [1.29, 1.82) is 0 Å². The van der Waals surface area contributed by atoms with Gasteiger partial charge in [0.15, 0.2) is 17.3 Å². The first-order valence-electron chi connectivity index (χ1n) is 41.6. The molecule has 0 spiro atoms. The van der Waals surface area contributed by atoms with Gasteiger partial charge in [0, 0.05) is 173 Å². The number of ketones is 3. The maximum atomic E-state index is 15.2. The number of anilines is 3. The maximum absolute atomic E-state index is 15.2. The van der Waals surface area contributed by atoms with Crippen LogP contribution < -0.4 is 59.1 Å². The molecule has 13 aromatic rings. The van der Waals surface area contributed by atoms with Gasteiger partial charge in [-0.25, -0.2) is 55.3 Å². The highest BCUT2D eigenvalue weighted by atomic mass is 19.4. The molecule has 4 aromatic carbocycles. The van der Waals surface area contributed by atoms with Crippen molar-refractivity contribution in [2.75, 3.05) is 54.6 Å².